The largest absolute Gasteiger partial charge is 0.353 e. The molecule has 0 unspecified atom stereocenters. The number of nitrogens with one attached hydrogen (secondary N) is 1. The fourth-order valence-corrected chi connectivity index (χ4v) is 2.06. The molecule has 0 aliphatic rings. The van der Waals surface area contributed by atoms with Crippen LogP contribution in [0.25, 0.3) is 0 Å². The van der Waals surface area contributed by atoms with Gasteiger partial charge in [-0.1, -0.05) is 32.0 Å². The van der Waals surface area contributed by atoms with Crippen molar-refractivity contribution in [2.75, 3.05) is 23.3 Å². The first kappa shape index (κ1) is 15.2. The highest BCUT2D eigenvalue weighted by Gasteiger charge is 2.10. The van der Waals surface area contributed by atoms with Crippen molar-refractivity contribution in [2.45, 2.75) is 27.2 Å². The summed E-state index contributed by atoms with van der Waals surface area (Å²) in [5.74, 6) is 2.05. The zero-order valence-electron chi connectivity index (χ0n) is 13.0. The second-order valence-corrected chi connectivity index (χ2v) is 5.33. The maximum absolute atomic E-state index is 4.56. The van der Waals surface area contributed by atoms with Crippen molar-refractivity contribution in [3.63, 3.8) is 0 Å². The summed E-state index contributed by atoms with van der Waals surface area (Å²) in [6.45, 7) is 8.19. The normalized spacial score (nSPS) is 10.7. The molecule has 1 aromatic heterocycles. The highest BCUT2D eigenvalue weighted by molar-refractivity contribution is 5.59. The van der Waals surface area contributed by atoms with Crippen LogP contribution in [0, 0.1) is 5.92 Å². The van der Waals surface area contributed by atoms with Crippen LogP contribution in [0.4, 0.5) is 17.5 Å². The molecular formula is C16H23N5. The zero-order valence-corrected chi connectivity index (χ0v) is 13.0. The third-order valence-electron chi connectivity index (χ3n) is 3.21. The van der Waals surface area contributed by atoms with E-state index in [1.165, 1.54) is 0 Å². The lowest BCUT2D eigenvalue weighted by Crippen LogP contribution is -2.19. The van der Waals surface area contributed by atoms with Gasteiger partial charge in [-0.3, -0.25) is 0 Å². The first-order valence-electron chi connectivity index (χ1n) is 7.47. The van der Waals surface area contributed by atoms with Gasteiger partial charge in [-0.25, -0.2) is 0 Å². The number of rotatable bonds is 7. The highest BCUT2D eigenvalue weighted by Crippen LogP contribution is 2.22. The topological polar surface area (TPSA) is 53.9 Å². The van der Waals surface area contributed by atoms with Gasteiger partial charge in [0, 0.05) is 18.8 Å². The second kappa shape index (κ2) is 7.57. The number of nitrogens with zero attached hydrogens (tertiary/aromatic N) is 4. The number of aromatic nitrogens is 3. The van der Waals surface area contributed by atoms with Crippen LogP contribution in [0.15, 0.2) is 36.5 Å². The molecule has 0 amide bonds. The van der Waals surface area contributed by atoms with Crippen molar-refractivity contribution in [1.82, 2.24) is 15.2 Å². The molecule has 0 atom stereocenters. The Bertz CT molecular complexity index is 541. The maximum atomic E-state index is 4.56. The fourth-order valence-electron chi connectivity index (χ4n) is 2.06. The Labute approximate surface area is 126 Å². The predicted octanol–water partition coefficient (Wildman–Crippen LogP) is 3.49. The van der Waals surface area contributed by atoms with E-state index in [-0.39, 0.29) is 0 Å². The van der Waals surface area contributed by atoms with Gasteiger partial charge in [0.2, 0.25) is 5.95 Å². The van der Waals surface area contributed by atoms with Crippen LogP contribution in [-0.2, 0) is 0 Å². The van der Waals surface area contributed by atoms with E-state index in [0.29, 0.717) is 11.9 Å². The third-order valence-corrected chi connectivity index (χ3v) is 3.21. The van der Waals surface area contributed by atoms with Gasteiger partial charge in [0.15, 0.2) is 5.82 Å². The van der Waals surface area contributed by atoms with E-state index in [9.17, 15) is 0 Å². The Hall–Kier alpha value is -2.17. The lowest BCUT2D eigenvalue weighted by molar-refractivity contribution is 0.605. The molecule has 0 radical (unpaired) electrons. The molecule has 5 heteroatoms. The summed E-state index contributed by atoms with van der Waals surface area (Å²) in [6.07, 6.45) is 2.79. The second-order valence-electron chi connectivity index (χ2n) is 5.33. The molecule has 0 aliphatic carbocycles. The van der Waals surface area contributed by atoms with E-state index in [1.807, 2.05) is 18.2 Å². The molecule has 0 fully saturated rings. The van der Waals surface area contributed by atoms with E-state index in [1.54, 1.807) is 6.20 Å². The molecule has 5 nitrogen and oxygen atoms in total. The molecule has 2 rings (SSSR count). The van der Waals surface area contributed by atoms with Crippen LogP contribution < -0.4 is 10.2 Å². The molecule has 0 saturated heterocycles. The van der Waals surface area contributed by atoms with Gasteiger partial charge < -0.3 is 10.2 Å². The molecule has 1 aromatic carbocycles. The quantitative estimate of drug-likeness (QED) is 0.844. The molecule has 112 valence electrons. The first-order chi connectivity index (χ1) is 10.2. The van der Waals surface area contributed by atoms with Crippen molar-refractivity contribution >= 4 is 17.5 Å². The van der Waals surface area contributed by atoms with Gasteiger partial charge in [-0.15, -0.1) is 5.10 Å². The van der Waals surface area contributed by atoms with Crippen molar-refractivity contribution in [3.8, 4) is 0 Å². The average molecular weight is 285 g/mol. The smallest absolute Gasteiger partial charge is 0.244 e. The number of hydrogen-bond acceptors (Lipinski definition) is 5. The van der Waals surface area contributed by atoms with Gasteiger partial charge in [0.25, 0.3) is 0 Å². The monoisotopic (exact) mass is 285 g/mol. The SMILES string of the molecule is CCN(c1ccccc1)c1cnnc(NCCC(C)C)n1. The third kappa shape index (κ3) is 4.41. The Morgan fingerprint density at radius 1 is 1.19 bits per heavy atom. The van der Waals surface area contributed by atoms with Gasteiger partial charge in [0.05, 0.1) is 6.20 Å². The van der Waals surface area contributed by atoms with Crippen LogP contribution in [-0.4, -0.2) is 28.3 Å². The van der Waals surface area contributed by atoms with Crippen LogP contribution in [0.5, 0.6) is 0 Å². The highest BCUT2D eigenvalue weighted by atomic mass is 15.3. The summed E-state index contributed by atoms with van der Waals surface area (Å²) in [5, 5.41) is 11.3. The lowest BCUT2D eigenvalue weighted by Gasteiger charge is -2.21. The van der Waals surface area contributed by atoms with E-state index in [4.69, 9.17) is 0 Å². The number of hydrogen-bond donors (Lipinski definition) is 1. The minimum Gasteiger partial charge on any atom is -0.353 e. The fraction of sp³-hybridized carbons (Fsp3) is 0.438. The molecule has 0 aliphatic heterocycles. The van der Waals surface area contributed by atoms with Gasteiger partial charge >= 0.3 is 0 Å². The molecule has 1 heterocycles. The van der Waals surface area contributed by atoms with Crippen molar-refractivity contribution in [1.29, 1.82) is 0 Å². The van der Waals surface area contributed by atoms with E-state index < -0.39 is 0 Å². The van der Waals surface area contributed by atoms with Crippen molar-refractivity contribution in [3.05, 3.63) is 36.5 Å². The molecular weight excluding hydrogens is 262 g/mol. The van der Waals surface area contributed by atoms with Crippen molar-refractivity contribution < 1.29 is 0 Å². The summed E-state index contributed by atoms with van der Waals surface area (Å²) < 4.78 is 0. The van der Waals surface area contributed by atoms with Gasteiger partial charge in [0.1, 0.15) is 0 Å². The number of benzene rings is 1. The Kier molecular flexibility index (Phi) is 5.49. The summed E-state index contributed by atoms with van der Waals surface area (Å²) in [5.41, 5.74) is 1.11. The standard InChI is InChI=1S/C16H23N5/c1-4-21(14-8-6-5-7-9-14)15-12-18-20-16(19-15)17-11-10-13(2)3/h5-9,12-13H,4,10-11H2,1-3H3,(H,17,19,20). The Morgan fingerprint density at radius 3 is 2.62 bits per heavy atom. The lowest BCUT2D eigenvalue weighted by atomic mass is 10.1. The molecule has 0 spiro atoms. The molecule has 1 N–H and O–H groups in total. The summed E-state index contributed by atoms with van der Waals surface area (Å²) >= 11 is 0. The summed E-state index contributed by atoms with van der Waals surface area (Å²) in [4.78, 5) is 6.67. The van der Waals surface area contributed by atoms with E-state index in [2.05, 4.69) is 58.3 Å². The summed E-state index contributed by atoms with van der Waals surface area (Å²) in [6, 6.07) is 10.2. The van der Waals surface area contributed by atoms with E-state index >= 15 is 0 Å². The molecule has 2 aromatic rings. The maximum Gasteiger partial charge on any atom is 0.244 e. The number of anilines is 3. The minimum atomic E-state index is 0.586. The summed E-state index contributed by atoms with van der Waals surface area (Å²) in [7, 11) is 0. The van der Waals surface area contributed by atoms with Gasteiger partial charge in [-0.05, 0) is 31.4 Å². The number of para-hydroxylation sites is 1. The Morgan fingerprint density at radius 2 is 1.95 bits per heavy atom. The van der Waals surface area contributed by atoms with Crippen LogP contribution in [0.3, 0.4) is 0 Å². The van der Waals surface area contributed by atoms with E-state index in [0.717, 1.165) is 31.0 Å². The molecule has 0 bridgehead atoms. The van der Waals surface area contributed by atoms with Crippen LogP contribution >= 0.6 is 0 Å². The van der Waals surface area contributed by atoms with Crippen molar-refractivity contribution in [2.24, 2.45) is 5.92 Å². The van der Waals surface area contributed by atoms with Crippen LogP contribution in [0.1, 0.15) is 27.2 Å². The van der Waals surface area contributed by atoms with Gasteiger partial charge in [-0.2, -0.15) is 10.1 Å². The predicted molar refractivity (Wildman–Crippen MR) is 86.9 cm³/mol. The molecule has 21 heavy (non-hydrogen) atoms. The molecule has 0 saturated carbocycles. The Balaban J connectivity index is 2.11. The first-order valence-corrected chi connectivity index (χ1v) is 7.47. The van der Waals surface area contributed by atoms with Crippen LogP contribution in [0.2, 0.25) is 0 Å². The average Bonchev–Trinajstić information content (AvgIpc) is 2.49. The zero-order chi connectivity index (χ0) is 15.1. The minimum absolute atomic E-state index is 0.586.